The van der Waals surface area contributed by atoms with E-state index in [1.165, 1.54) is 0 Å². The molecular weight excluding hydrogens is 224 g/mol. The van der Waals surface area contributed by atoms with Crippen LogP contribution in [0, 0.1) is 11.8 Å². The van der Waals surface area contributed by atoms with E-state index in [2.05, 4.69) is 18.8 Å². The maximum absolute atomic E-state index is 9.66. The quantitative estimate of drug-likeness (QED) is 0.591. The van der Waals surface area contributed by atoms with Gasteiger partial charge in [-0.2, -0.15) is 0 Å². The molecule has 0 radical (unpaired) electrons. The second-order valence-electron chi connectivity index (χ2n) is 4.32. The standard InChI is InChI=1S/C16H22O2/c1-2-3-4-5-9-12-16(17)14-18-13-15-10-7-6-8-11-15/h6-8,10-11,16-17H,2-4,12-14H2,1H3/t16-/m1/s1. The zero-order valence-corrected chi connectivity index (χ0v) is 11.1. The van der Waals surface area contributed by atoms with Crippen LogP contribution in [0.3, 0.4) is 0 Å². The Morgan fingerprint density at radius 2 is 2.00 bits per heavy atom. The fraction of sp³-hybridized carbons (Fsp3) is 0.500. The summed E-state index contributed by atoms with van der Waals surface area (Å²) in [6.45, 7) is 3.03. The van der Waals surface area contributed by atoms with Gasteiger partial charge in [-0.05, 0) is 12.0 Å². The molecule has 0 aliphatic carbocycles. The van der Waals surface area contributed by atoms with Gasteiger partial charge in [0.25, 0.3) is 0 Å². The van der Waals surface area contributed by atoms with E-state index in [0.29, 0.717) is 19.6 Å². The highest BCUT2D eigenvalue weighted by atomic mass is 16.5. The molecule has 1 atom stereocenters. The Hall–Kier alpha value is -1.30. The minimum absolute atomic E-state index is 0.345. The predicted molar refractivity (Wildman–Crippen MR) is 74.0 cm³/mol. The fourth-order valence-corrected chi connectivity index (χ4v) is 1.49. The van der Waals surface area contributed by atoms with Crippen molar-refractivity contribution in [2.45, 2.75) is 45.3 Å². The molecule has 1 aromatic rings. The van der Waals surface area contributed by atoms with Crippen molar-refractivity contribution in [2.75, 3.05) is 6.61 Å². The van der Waals surface area contributed by atoms with Crippen molar-refractivity contribution >= 4 is 0 Å². The lowest BCUT2D eigenvalue weighted by atomic mass is 10.2. The van der Waals surface area contributed by atoms with E-state index in [9.17, 15) is 5.11 Å². The van der Waals surface area contributed by atoms with Crippen LogP contribution in [0.15, 0.2) is 30.3 Å². The summed E-state index contributed by atoms with van der Waals surface area (Å²) in [7, 11) is 0. The summed E-state index contributed by atoms with van der Waals surface area (Å²) in [5.41, 5.74) is 1.12. The number of aliphatic hydroxyl groups is 1. The molecule has 1 rings (SSSR count). The van der Waals surface area contributed by atoms with E-state index in [-0.39, 0.29) is 0 Å². The van der Waals surface area contributed by atoms with Crippen molar-refractivity contribution < 1.29 is 9.84 Å². The SMILES string of the molecule is CCCCC#CC[C@@H](O)COCc1ccccc1. The largest absolute Gasteiger partial charge is 0.390 e. The van der Waals surface area contributed by atoms with Crippen molar-refractivity contribution in [1.82, 2.24) is 0 Å². The van der Waals surface area contributed by atoms with Gasteiger partial charge in [0.05, 0.1) is 19.3 Å². The first kappa shape index (κ1) is 14.8. The first-order chi connectivity index (χ1) is 8.83. The van der Waals surface area contributed by atoms with Gasteiger partial charge >= 0.3 is 0 Å². The van der Waals surface area contributed by atoms with E-state index >= 15 is 0 Å². The van der Waals surface area contributed by atoms with Crippen LogP contribution in [0.2, 0.25) is 0 Å². The molecule has 0 fully saturated rings. The van der Waals surface area contributed by atoms with Crippen LogP contribution >= 0.6 is 0 Å². The summed E-state index contributed by atoms with van der Waals surface area (Å²) in [4.78, 5) is 0. The molecule has 2 heteroatoms. The van der Waals surface area contributed by atoms with Gasteiger partial charge in [0.15, 0.2) is 0 Å². The van der Waals surface area contributed by atoms with Gasteiger partial charge in [0, 0.05) is 12.8 Å². The molecule has 98 valence electrons. The number of aliphatic hydroxyl groups excluding tert-OH is 1. The van der Waals surface area contributed by atoms with Crippen molar-refractivity contribution in [3.63, 3.8) is 0 Å². The molecule has 0 bridgehead atoms. The van der Waals surface area contributed by atoms with Crippen molar-refractivity contribution in [3.8, 4) is 11.8 Å². The molecule has 0 saturated carbocycles. The summed E-state index contributed by atoms with van der Waals surface area (Å²) in [5.74, 6) is 6.05. The second kappa shape index (κ2) is 9.70. The van der Waals surface area contributed by atoms with Gasteiger partial charge in [0.1, 0.15) is 0 Å². The van der Waals surface area contributed by atoms with E-state index in [1.807, 2.05) is 30.3 Å². The zero-order chi connectivity index (χ0) is 13.1. The Morgan fingerprint density at radius 3 is 2.72 bits per heavy atom. The molecule has 18 heavy (non-hydrogen) atoms. The maximum atomic E-state index is 9.66. The topological polar surface area (TPSA) is 29.5 Å². The van der Waals surface area contributed by atoms with Crippen molar-refractivity contribution in [2.24, 2.45) is 0 Å². The minimum Gasteiger partial charge on any atom is -0.390 e. The van der Waals surface area contributed by atoms with Gasteiger partial charge in [-0.1, -0.05) is 43.7 Å². The van der Waals surface area contributed by atoms with Gasteiger partial charge < -0.3 is 9.84 Å². The normalized spacial score (nSPS) is 11.7. The lowest BCUT2D eigenvalue weighted by Gasteiger charge is -2.08. The van der Waals surface area contributed by atoms with Gasteiger partial charge in [-0.15, -0.1) is 11.8 Å². The van der Waals surface area contributed by atoms with E-state index in [1.54, 1.807) is 0 Å². The third-order valence-electron chi connectivity index (χ3n) is 2.54. The van der Waals surface area contributed by atoms with Crippen molar-refractivity contribution in [3.05, 3.63) is 35.9 Å². The average Bonchev–Trinajstić information content (AvgIpc) is 2.40. The Labute approximate surface area is 110 Å². The molecule has 0 spiro atoms. The molecule has 0 aromatic heterocycles. The molecule has 1 aromatic carbocycles. The van der Waals surface area contributed by atoms with Crippen LogP contribution in [0.5, 0.6) is 0 Å². The highest BCUT2D eigenvalue weighted by molar-refractivity contribution is 5.13. The van der Waals surface area contributed by atoms with Gasteiger partial charge in [0.2, 0.25) is 0 Å². The summed E-state index contributed by atoms with van der Waals surface area (Å²) in [5, 5.41) is 9.66. The molecule has 2 nitrogen and oxygen atoms in total. The molecule has 0 amide bonds. The van der Waals surface area contributed by atoms with Crippen LogP contribution < -0.4 is 0 Å². The molecule has 0 saturated heterocycles. The number of hydrogen-bond donors (Lipinski definition) is 1. The van der Waals surface area contributed by atoms with Gasteiger partial charge in [-0.3, -0.25) is 0 Å². The third-order valence-corrected chi connectivity index (χ3v) is 2.54. The van der Waals surface area contributed by atoms with E-state index in [4.69, 9.17) is 4.74 Å². The molecular formula is C16H22O2. The lowest BCUT2D eigenvalue weighted by molar-refractivity contribution is 0.0311. The average molecular weight is 246 g/mol. The van der Waals surface area contributed by atoms with E-state index in [0.717, 1.165) is 24.8 Å². The highest BCUT2D eigenvalue weighted by Gasteiger charge is 2.01. The van der Waals surface area contributed by atoms with Crippen LogP contribution in [0.1, 0.15) is 38.2 Å². The molecule has 0 aliphatic heterocycles. The zero-order valence-electron chi connectivity index (χ0n) is 11.1. The lowest BCUT2D eigenvalue weighted by Crippen LogP contribution is -2.14. The van der Waals surface area contributed by atoms with E-state index < -0.39 is 6.10 Å². The Bertz CT molecular complexity index is 362. The van der Waals surface area contributed by atoms with Gasteiger partial charge in [-0.25, -0.2) is 0 Å². The fourth-order valence-electron chi connectivity index (χ4n) is 1.49. The van der Waals surface area contributed by atoms with Crippen LogP contribution in [0.25, 0.3) is 0 Å². The van der Waals surface area contributed by atoms with Crippen molar-refractivity contribution in [1.29, 1.82) is 0 Å². The highest BCUT2D eigenvalue weighted by Crippen LogP contribution is 2.02. The first-order valence-corrected chi connectivity index (χ1v) is 6.58. The van der Waals surface area contributed by atoms with Crippen LogP contribution in [0.4, 0.5) is 0 Å². The summed E-state index contributed by atoms with van der Waals surface area (Å²) >= 11 is 0. The number of rotatable bonds is 7. The first-order valence-electron chi connectivity index (χ1n) is 6.58. The maximum Gasteiger partial charge on any atom is 0.0882 e. The Balaban J connectivity index is 2.09. The number of ether oxygens (including phenoxy) is 1. The summed E-state index contributed by atoms with van der Waals surface area (Å²) in [6, 6.07) is 9.96. The summed E-state index contributed by atoms with van der Waals surface area (Å²) in [6.07, 6.45) is 3.24. The Kier molecular flexibility index (Phi) is 7.96. The summed E-state index contributed by atoms with van der Waals surface area (Å²) < 4.78 is 5.44. The number of benzene rings is 1. The molecule has 0 unspecified atom stereocenters. The number of hydrogen-bond acceptors (Lipinski definition) is 2. The van der Waals surface area contributed by atoms with Crippen LogP contribution in [-0.4, -0.2) is 17.8 Å². The Morgan fingerprint density at radius 1 is 1.22 bits per heavy atom. The molecule has 0 heterocycles. The number of unbranched alkanes of at least 4 members (excludes halogenated alkanes) is 2. The van der Waals surface area contributed by atoms with Crippen LogP contribution in [-0.2, 0) is 11.3 Å². The second-order valence-corrected chi connectivity index (χ2v) is 4.32. The predicted octanol–water partition coefficient (Wildman–Crippen LogP) is 3.15. The minimum atomic E-state index is -0.483. The molecule has 0 aliphatic rings. The molecule has 1 N–H and O–H groups in total. The monoisotopic (exact) mass is 246 g/mol. The third kappa shape index (κ3) is 7.11. The smallest absolute Gasteiger partial charge is 0.0882 e.